The van der Waals surface area contributed by atoms with Crippen LogP contribution in [-0.4, -0.2) is 104 Å². The molecule has 2 heterocycles. The molecule has 9 atom stereocenters. The maximum atomic E-state index is 12.7. The standard InChI is InChI=1S/C17H29F3N2O6S2/c1-7(23)10(14-12(25)11(24)13(26)16(28-14)29-2)22-15(27)9-5-8(6-21-9)30-4-3-17(18,19)20/h7-14,16,21,23-26H,3-6H2,1-2H3,(H,22,27)/t7?,8-,9-,10+,11-,12+,13+,14+,16+/m0/s1. The molecule has 0 bridgehead atoms. The summed E-state index contributed by atoms with van der Waals surface area (Å²) in [6.45, 7) is 1.77. The number of hydrogen-bond donors (Lipinski definition) is 6. The molecule has 0 spiro atoms. The Balaban J connectivity index is 1.94. The van der Waals surface area contributed by atoms with Crippen molar-refractivity contribution in [2.75, 3.05) is 18.6 Å². The van der Waals surface area contributed by atoms with Crippen LogP contribution in [-0.2, 0) is 9.53 Å². The first kappa shape index (κ1) is 26.0. The third-order valence-corrected chi connectivity index (χ3v) is 7.29. The van der Waals surface area contributed by atoms with Gasteiger partial charge in [0.05, 0.1) is 24.6 Å². The molecule has 2 saturated heterocycles. The van der Waals surface area contributed by atoms with E-state index in [-0.39, 0.29) is 11.0 Å². The first-order valence-electron chi connectivity index (χ1n) is 9.57. The lowest BCUT2D eigenvalue weighted by Gasteiger charge is -2.44. The Labute approximate surface area is 181 Å². The number of aliphatic hydroxyl groups excluding tert-OH is 4. The minimum absolute atomic E-state index is 0.0844. The van der Waals surface area contributed by atoms with Crippen LogP contribution in [0.15, 0.2) is 0 Å². The van der Waals surface area contributed by atoms with E-state index < -0.39 is 66.5 Å². The number of rotatable bonds is 8. The van der Waals surface area contributed by atoms with Crippen molar-refractivity contribution >= 4 is 29.4 Å². The predicted octanol–water partition coefficient (Wildman–Crippen LogP) is -0.561. The average Bonchev–Trinajstić information content (AvgIpc) is 3.12. The molecule has 8 nitrogen and oxygen atoms in total. The van der Waals surface area contributed by atoms with Gasteiger partial charge in [0.15, 0.2) is 0 Å². The van der Waals surface area contributed by atoms with Crippen LogP contribution in [0.25, 0.3) is 0 Å². The van der Waals surface area contributed by atoms with E-state index in [0.717, 1.165) is 23.5 Å². The second-order valence-corrected chi connectivity index (χ2v) is 9.85. The van der Waals surface area contributed by atoms with Gasteiger partial charge in [-0.15, -0.1) is 11.8 Å². The zero-order chi connectivity index (χ0) is 22.6. The normalized spacial score (nSPS) is 37.0. The van der Waals surface area contributed by atoms with Gasteiger partial charge in [-0.25, -0.2) is 0 Å². The van der Waals surface area contributed by atoms with E-state index in [4.69, 9.17) is 4.74 Å². The number of aliphatic hydroxyl groups is 4. The van der Waals surface area contributed by atoms with Gasteiger partial charge in [-0.3, -0.25) is 4.79 Å². The van der Waals surface area contributed by atoms with E-state index in [2.05, 4.69) is 10.6 Å². The molecule has 30 heavy (non-hydrogen) atoms. The highest BCUT2D eigenvalue weighted by molar-refractivity contribution is 8.00. The molecular weight excluding hydrogens is 449 g/mol. The number of thioether (sulfide) groups is 2. The number of amides is 1. The minimum atomic E-state index is -4.21. The number of carbonyl (C=O) groups is 1. The van der Waals surface area contributed by atoms with Crippen LogP contribution in [0.2, 0.25) is 0 Å². The lowest BCUT2D eigenvalue weighted by Crippen LogP contribution is -2.65. The molecule has 1 unspecified atom stereocenters. The summed E-state index contributed by atoms with van der Waals surface area (Å²) >= 11 is 2.26. The van der Waals surface area contributed by atoms with Crippen molar-refractivity contribution in [2.45, 2.75) is 79.2 Å². The van der Waals surface area contributed by atoms with E-state index in [1.807, 2.05) is 0 Å². The van der Waals surface area contributed by atoms with Gasteiger partial charge < -0.3 is 35.8 Å². The Morgan fingerprint density at radius 2 is 1.93 bits per heavy atom. The Morgan fingerprint density at radius 1 is 1.27 bits per heavy atom. The summed E-state index contributed by atoms with van der Waals surface area (Å²) < 4.78 is 42.5. The van der Waals surface area contributed by atoms with E-state index >= 15 is 0 Å². The van der Waals surface area contributed by atoms with Crippen LogP contribution in [0.4, 0.5) is 13.2 Å². The van der Waals surface area contributed by atoms with Gasteiger partial charge in [0.25, 0.3) is 0 Å². The highest BCUT2D eigenvalue weighted by Gasteiger charge is 2.48. The van der Waals surface area contributed by atoms with E-state index in [9.17, 15) is 38.4 Å². The SMILES string of the molecule is CS[C@H]1O[C@H]([C@H](NC(=O)[C@@H]2C[C@H](SCCC(F)(F)F)CN2)C(C)O)[C@H](O)[C@H](O)[C@H]1O. The van der Waals surface area contributed by atoms with Crippen molar-refractivity contribution in [3.63, 3.8) is 0 Å². The van der Waals surface area contributed by atoms with Crippen molar-refractivity contribution in [1.82, 2.24) is 10.6 Å². The summed E-state index contributed by atoms with van der Waals surface area (Å²) in [5.74, 6) is -0.573. The van der Waals surface area contributed by atoms with Crippen molar-refractivity contribution in [3.05, 3.63) is 0 Å². The molecule has 0 radical (unpaired) electrons. The molecule has 0 aromatic rings. The van der Waals surface area contributed by atoms with Gasteiger partial charge in [-0.05, 0) is 19.6 Å². The van der Waals surface area contributed by atoms with Crippen molar-refractivity contribution < 1.29 is 43.1 Å². The van der Waals surface area contributed by atoms with Gasteiger partial charge >= 0.3 is 6.18 Å². The summed E-state index contributed by atoms with van der Waals surface area (Å²) in [6.07, 6.45) is -9.83. The maximum Gasteiger partial charge on any atom is 0.389 e. The highest BCUT2D eigenvalue weighted by Crippen LogP contribution is 2.30. The molecule has 2 aliphatic rings. The number of alkyl halides is 3. The van der Waals surface area contributed by atoms with Crippen molar-refractivity contribution in [2.24, 2.45) is 0 Å². The number of hydrogen-bond acceptors (Lipinski definition) is 9. The second kappa shape index (κ2) is 11.0. The molecule has 6 N–H and O–H groups in total. The Bertz CT molecular complexity index is 572. The van der Waals surface area contributed by atoms with Crippen LogP contribution in [0, 0.1) is 0 Å². The molecule has 0 saturated carbocycles. The topological polar surface area (TPSA) is 131 Å². The Kier molecular flexibility index (Phi) is 9.55. The van der Waals surface area contributed by atoms with E-state index in [0.29, 0.717) is 13.0 Å². The summed E-state index contributed by atoms with van der Waals surface area (Å²) in [5.41, 5.74) is -0.856. The van der Waals surface area contributed by atoms with Crippen LogP contribution in [0.3, 0.4) is 0 Å². The zero-order valence-electron chi connectivity index (χ0n) is 16.6. The van der Waals surface area contributed by atoms with Crippen LogP contribution in [0.1, 0.15) is 19.8 Å². The molecule has 2 fully saturated rings. The van der Waals surface area contributed by atoms with Crippen LogP contribution >= 0.6 is 23.5 Å². The quantitative estimate of drug-likeness (QED) is 0.272. The first-order chi connectivity index (χ1) is 13.9. The Hall–Kier alpha value is -0.280. The minimum Gasteiger partial charge on any atom is -0.391 e. The summed E-state index contributed by atoms with van der Waals surface area (Å²) in [4.78, 5) is 12.7. The zero-order valence-corrected chi connectivity index (χ0v) is 18.2. The fourth-order valence-corrected chi connectivity index (χ4v) is 5.38. The van der Waals surface area contributed by atoms with Gasteiger partial charge in [-0.1, -0.05) is 0 Å². The lowest BCUT2D eigenvalue weighted by atomic mass is 9.92. The monoisotopic (exact) mass is 478 g/mol. The molecular formula is C17H29F3N2O6S2. The maximum absolute atomic E-state index is 12.7. The number of nitrogens with one attached hydrogen (secondary N) is 2. The van der Waals surface area contributed by atoms with Crippen LogP contribution in [0.5, 0.6) is 0 Å². The van der Waals surface area contributed by atoms with Crippen LogP contribution < -0.4 is 10.6 Å². The Morgan fingerprint density at radius 3 is 2.50 bits per heavy atom. The fraction of sp³-hybridized carbons (Fsp3) is 0.941. The fourth-order valence-electron chi connectivity index (χ4n) is 3.48. The van der Waals surface area contributed by atoms with Crippen molar-refractivity contribution in [3.8, 4) is 0 Å². The molecule has 1 amide bonds. The molecule has 0 aromatic heterocycles. The highest BCUT2D eigenvalue weighted by atomic mass is 32.2. The first-order valence-corrected chi connectivity index (χ1v) is 11.9. The smallest absolute Gasteiger partial charge is 0.389 e. The number of carbonyl (C=O) groups excluding carboxylic acids is 1. The lowest BCUT2D eigenvalue weighted by molar-refractivity contribution is -0.211. The summed E-state index contributed by atoms with van der Waals surface area (Å²) in [6, 6.07) is -1.73. The van der Waals surface area contributed by atoms with Gasteiger partial charge in [0, 0.05) is 17.5 Å². The number of halogens is 3. The molecule has 13 heteroatoms. The molecule has 2 rings (SSSR count). The molecule has 0 aromatic carbocycles. The molecule has 0 aliphatic carbocycles. The molecule has 176 valence electrons. The second-order valence-electron chi connectivity index (χ2n) is 7.51. The molecule has 2 aliphatic heterocycles. The summed E-state index contributed by atoms with van der Waals surface area (Å²) in [7, 11) is 0. The van der Waals surface area contributed by atoms with Gasteiger partial charge in [0.1, 0.15) is 29.9 Å². The predicted molar refractivity (Wildman–Crippen MR) is 107 cm³/mol. The third kappa shape index (κ3) is 6.86. The van der Waals surface area contributed by atoms with E-state index in [1.165, 1.54) is 6.92 Å². The summed E-state index contributed by atoms with van der Waals surface area (Å²) in [5, 5.41) is 45.9. The third-order valence-electron chi connectivity index (χ3n) is 5.17. The van der Waals surface area contributed by atoms with Gasteiger partial charge in [0.2, 0.25) is 5.91 Å². The van der Waals surface area contributed by atoms with Gasteiger partial charge in [-0.2, -0.15) is 24.9 Å². The largest absolute Gasteiger partial charge is 0.391 e. The average molecular weight is 479 g/mol. The van der Waals surface area contributed by atoms with E-state index in [1.54, 1.807) is 6.26 Å². The van der Waals surface area contributed by atoms with Crippen molar-refractivity contribution in [1.29, 1.82) is 0 Å². The number of ether oxygens (including phenoxy) is 1.